The topological polar surface area (TPSA) is 94.6 Å². The minimum atomic E-state index is -3.52. The predicted molar refractivity (Wildman–Crippen MR) is 95.8 cm³/mol. The molecule has 0 unspecified atom stereocenters. The molecule has 136 valence electrons. The van der Waals surface area contributed by atoms with Crippen molar-refractivity contribution in [2.45, 2.75) is 50.5 Å². The number of benzene rings is 1. The van der Waals surface area contributed by atoms with Crippen LogP contribution >= 0.6 is 0 Å². The van der Waals surface area contributed by atoms with Gasteiger partial charge in [-0.05, 0) is 58.7 Å². The summed E-state index contributed by atoms with van der Waals surface area (Å²) in [5, 5.41) is 6.90. The van der Waals surface area contributed by atoms with Crippen LogP contribution in [0.4, 0.5) is 0 Å². The number of aromatic nitrogens is 2. The normalized spacial score (nSPS) is 12.8. The van der Waals surface area contributed by atoms with Crippen LogP contribution in [0.2, 0.25) is 0 Å². The quantitative estimate of drug-likeness (QED) is 0.700. The maximum Gasteiger partial charge on any atom is 0.335 e. The molecule has 7 nitrogen and oxygen atoms in total. The standard InChI is InChI=1S/C17H23N3O4S/c1-16(2,18-5)11-17(3,4)24-13-9-7-12(8-10-13)14-19-20-15(23-14)25(6,21)22/h7-10H,5,11H2,1-4,6H3. The van der Waals surface area contributed by atoms with E-state index in [0.717, 1.165) is 6.26 Å². The monoisotopic (exact) mass is 365 g/mol. The number of sulfone groups is 1. The van der Waals surface area contributed by atoms with Crippen molar-refractivity contribution in [3.05, 3.63) is 24.3 Å². The van der Waals surface area contributed by atoms with Crippen LogP contribution in [0.5, 0.6) is 5.75 Å². The van der Waals surface area contributed by atoms with Gasteiger partial charge in [0.1, 0.15) is 11.4 Å². The van der Waals surface area contributed by atoms with Gasteiger partial charge in [0.15, 0.2) is 0 Å². The fraction of sp³-hybridized carbons (Fsp3) is 0.471. The van der Waals surface area contributed by atoms with Crippen molar-refractivity contribution < 1.29 is 17.6 Å². The van der Waals surface area contributed by atoms with Gasteiger partial charge in [0.05, 0.1) is 5.54 Å². The summed E-state index contributed by atoms with van der Waals surface area (Å²) < 4.78 is 34.0. The first-order valence-corrected chi connectivity index (χ1v) is 9.62. The van der Waals surface area contributed by atoms with Crippen LogP contribution in [0.3, 0.4) is 0 Å². The lowest BCUT2D eigenvalue weighted by molar-refractivity contribution is 0.0789. The minimum absolute atomic E-state index is 0.142. The number of ether oxygens (including phenoxy) is 1. The Hall–Kier alpha value is -2.22. The molecule has 8 heteroatoms. The molecule has 0 N–H and O–H groups in total. The fourth-order valence-corrected chi connectivity index (χ4v) is 3.01. The van der Waals surface area contributed by atoms with Gasteiger partial charge in [-0.2, -0.15) is 0 Å². The van der Waals surface area contributed by atoms with Crippen molar-refractivity contribution in [2.75, 3.05) is 6.26 Å². The van der Waals surface area contributed by atoms with E-state index >= 15 is 0 Å². The van der Waals surface area contributed by atoms with E-state index in [4.69, 9.17) is 9.15 Å². The molecule has 0 radical (unpaired) electrons. The summed E-state index contributed by atoms with van der Waals surface area (Å²) >= 11 is 0. The third-order valence-electron chi connectivity index (χ3n) is 3.51. The molecule has 0 amide bonds. The Morgan fingerprint density at radius 3 is 2.24 bits per heavy atom. The van der Waals surface area contributed by atoms with Crippen molar-refractivity contribution >= 4 is 16.6 Å². The van der Waals surface area contributed by atoms with E-state index in [1.54, 1.807) is 24.3 Å². The summed E-state index contributed by atoms with van der Waals surface area (Å²) in [6, 6.07) is 7.02. The van der Waals surface area contributed by atoms with Gasteiger partial charge in [-0.3, -0.25) is 4.99 Å². The van der Waals surface area contributed by atoms with Gasteiger partial charge >= 0.3 is 5.22 Å². The number of aliphatic imine (C=N–C) groups is 1. The van der Waals surface area contributed by atoms with Crippen LogP contribution in [-0.4, -0.2) is 42.7 Å². The zero-order valence-electron chi connectivity index (χ0n) is 15.1. The number of nitrogens with zero attached hydrogens (tertiary/aromatic N) is 3. The van der Waals surface area contributed by atoms with Crippen molar-refractivity contribution in [3.63, 3.8) is 0 Å². The molecule has 1 heterocycles. The van der Waals surface area contributed by atoms with Crippen molar-refractivity contribution in [3.8, 4) is 17.2 Å². The summed E-state index contributed by atoms with van der Waals surface area (Å²) in [6.07, 6.45) is 1.72. The second-order valence-corrected chi connectivity index (χ2v) is 9.07. The molecule has 1 aromatic carbocycles. The molecule has 0 aliphatic heterocycles. The highest BCUT2D eigenvalue weighted by molar-refractivity contribution is 7.90. The van der Waals surface area contributed by atoms with Gasteiger partial charge in [-0.25, -0.2) is 8.42 Å². The van der Waals surface area contributed by atoms with E-state index in [1.165, 1.54) is 0 Å². The minimum Gasteiger partial charge on any atom is -0.488 e. The maximum atomic E-state index is 11.4. The molecule has 1 aromatic heterocycles. The molecule has 0 aliphatic rings. The first kappa shape index (κ1) is 19.1. The van der Waals surface area contributed by atoms with Gasteiger partial charge in [-0.1, -0.05) is 5.10 Å². The Morgan fingerprint density at radius 1 is 1.16 bits per heavy atom. The Morgan fingerprint density at radius 2 is 1.76 bits per heavy atom. The van der Waals surface area contributed by atoms with Crippen molar-refractivity contribution in [1.29, 1.82) is 0 Å². The molecule has 0 spiro atoms. The van der Waals surface area contributed by atoms with Crippen LogP contribution in [0.25, 0.3) is 11.5 Å². The smallest absolute Gasteiger partial charge is 0.335 e. The molecule has 0 atom stereocenters. The Labute approximate surface area is 148 Å². The molecule has 0 bridgehead atoms. The van der Waals surface area contributed by atoms with Crippen molar-refractivity contribution in [2.24, 2.45) is 4.99 Å². The molecule has 25 heavy (non-hydrogen) atoms. The molecule has 0 saturated heterocycles. The Balaban J connectivity index is 2.15. The summed E-state index contributed by atoms with van der Waals surface area (Å²) in [7, 11) is -3.52. The van der Waals surface area contributed by atoms with Crippen LogP contribution in [0, 0.1) is 0 Å². The highest BCUT2D eigenvalue weighted by Gasteiger charge is 2.29. The van der Waals surface area contributed by atoms with E-state index in [0.29, 0.717) is 17.7 Å². The highest BCUT2D eigenvalue weighted by Crippen LogP contribution is 2.29. The van der Waals surface area contributed by atoms with Crippen LogP contribution in [0.15, 0.2) is 38.9 Å². The van der Waals surface area contributed by atoms with E-state index in [-0.39, 0.29) is 11.4 Å². The second kappa shape index (κ2) is 6.59. The molecule has 0 saturated carbocycles. The zero-order valence-corrected chi connectivity index (χ0v) is 15.9. The third-order valence-corrected chi connectivity index (χ3v) is 4.30. The summed E-state index contributed by atoms with van der Waals surface area (Å²) in [5.74, 6) is 0.819. The van der Waals surface area contributed by atoms with Crippen LogP contribution in [-0.2, 0) is 9.84 Å². The third kappa shape index (κ3) is 5.12. The Kier molecular flexibility index (Phi) is 5.04. The molecule has 0 fully saturated rings. The van der Waals surface area contributed by atoms with E-state index in [2.05, 4.69) is 21.9 Å². The van der Waals surface area contributed by atoms with E-state index in [1.807, 2.05) is 27.7 Å². The Bertz CT molecular complexity index is 852. The number of hydrogen-bond acceptors (Lipinski definition) is 7. The van der Waals surface area contributed by atoms with E-state index < -0.39 is 20.7 Å². The summed E-state index contributed by atoms with van der Waals surface area (Å²) in [6.45, 7) is 11.6. The number of hydrogen-bond donors (Lipinski definition) is 0. The molecule has 2 aromatic rings. The first-order valence-electron chi connectivity index (χ1n) is 7.73. The van der Waals surface area contributed by atoms with Gasteiger partial charge in [0.25, 0.3) is 0 Å². The van der Waals surface area contributed by atoms with Gasteiger partial charge in [-0.15, -0.1) is 5.10 Å². The lowest BCUT2D eigenvalue weighted by atomic mass is 9.90. The molecular weight excluding hydrogens is 342 g/mol. The molecule has 0 aliphatic carbocycles. The fourth-order valence-electron chi connectivity index (χ4n) is 2.59. The average molecular weight is 365 g/mol. The maximum absolute atomic E-state index is 11.4. The average Bonchev–Trinajstić information content (AvgIpc) is 2.96. The molecular formula is C17H23N3O4S. The van der Waals surface area contributed by atoms with Gasteiger partial charge in [0.2, 0.25) is 15.7 Å². The van der Waals surface area contributed by atoms with Crippen LogP contribution < -0.4 is 4.74 Å². The van der Waals surface area contributed by atoms with Gasteiger partial charge in [0, 0.05) is 18.2 Å². The highest BCUT2D eigenvalue weighted by atomic mass is 32.2. The SMILES string of the molecule is C=NC(C)(C)CC(C)(C)Oc1ccc(-c2nnc(S(C)(=O)=O)o2)cc1. The summed E-state index contributed by atoms with van der Waals surface area (Å²) in [5.41, 5.74) is -0.101. The largest absolute Gasteiger partial charge is 0.488 e. The lowest BCUT2D eigenvalue weighted by Gasteiger charge is -2.32. The molecule has 2 rings (SSSR count). The first-order chi connectivity index (χ1) is 11.4. The van der Waals surface area contributed by atoms with Crippen LogP contribution in [0.1, 0.15) is 34.1 Å². The zero-order chi connectivity index (χ0) is 18.9. The lowest BCUT2D eigenvalue weighted by Crippen LogP contribution is -2.36. The number of rotatable bonds is 7. The second-order valence-electron chi connectivity index (χ2n) is 7.18. The van der Waals surface area contributed by atoms with Gasteiger partial charge < -0.3 is 9.15 Å². The summed E-state index contributed by atoms with van der Waals surface area (Å²) in [4.78, 5) is 4.12. The van der Waals surface area contributed by atoms with E-state index in [9.17, 15) is 8.42 Å². The van der Waals surface area contributed by atoms with Crippen molar-refractivity contribution in [1.82, 2.24) is 10.2 Å². The predicted octanol–water partition coefficient (Wildman–Crippen LogP) is 3.17.